The molecule has 22 heavy (non-hydrogen) atoms. The van der Waals surface area contributed by atoms with Crippen molar-refractivity contribution in [1.29, 1.82) is 0 Å². The summed E-state index contributed by atoms with van der Waals surface area (Å²) in [6.45, 7) is 0. The van der Waals surface area contributed by atoms with Gasteiger partial charge in [0.15, 0.2) is 11.5 Å². The maximum atomic E-state index is 12.1. The standard InChI is InChI=1S/C15H19N3O4/c1-18-6-5-16-15(18)17-13(19)9-10-7-11(20-2)14(22-4)12(8-10)21-3/h5-8H,9H2,1-4H3,(H,16,17,19). The summed E-state index contributed by atoms with van der Waals surface area (Å²) in [6, 6.07) is 3.50. The minimum Gasteiger partial charge on any atom is -0.493 e. The summed E-state index contributed by atoms with van der Waals surface area (Å²) >= 11 is 0. The molecule has 2 aromatic rings. The highest BCUT2D eigenvalue weighted by atomic mass is 16.5. The van der Waals surface area contributed by atoms with E-state index in [2.05, 4.69) is 10.3 Å². The van der Waals surface area contributed by atoms with Crippen LogP contribution < -0.4 is 19.5 Å². The van der Waals surface area contributed by atoms with E-state index in [9.17, 15) is 4.79 Å². The Balaban J connectivity index is 2.18. The number of rotatable bonds is 6. The van der Waals surface area contributed by atoms with Crippen molar-refractivity contribution in [2.45, 2.75) is 6.42 Å². The molecule has 1 aromatic carbocycles. The molecule has 0 unspecified atom stereocenters. The summed E-state index contributed by atoms with van der Waals surface area (Å²) < 4.78 is 17.5. The van der Waals surface area contributed by atoms with Crippen molar-refractivity contribution in [3.63, 3.8) is 0 Å². The van der Waals surface area contributed by atoms with Gasteiger partial charge < -0.3 is 18.8 Å². The lowest BCUT2D eigenvalue weighted by Gasteiger charge is -2.14. The Morgan fingerprint density at radius 1 is 1.18 bits per heavy atom. The van der Waals surface area contributed by atoms with Gasteiger partial charge in [0, 0.05) is 19.4 Å². The molecule has 0 spiro atoms. The van der Waals surface area contributed by atoms with Crippen molar-refractivity contribution in [2.24, 2.45) is 7.05 Å². The zero-order valence-electron chi connectivity index (χ0n) is 13.0. The average Bonchev–Trinajstić information content (AvgIpc) is 2.91. The van der Waals surface area contributed by atoms with Gasteiger partial charge in [0.25, 0.3) is 0 Å². The van der Waals surface area contributed by atoms with Crippen LogP contribution in [0.1, 0.15) is 5.56 Å². The molecule has 7 nitrogen and oxygen atoms in total. The highest BCUT2D eigenvalue weighted by Gasteiger charge is 2.15. The minimum atomic E-state index is -0.177. The average molecular weight is 305 g/mol. The van der Waals surface area contributed by atoms with Gasteiger partial charge in [-0.2, -0.15) is 0 Å². The zero-order chi connectivity index (χ0) is 16.1. The molecule has 0 aliphatic rings. The molecule has 0 aliphatic heterocycles. The first-order chi connectivity index (χ1) is 10.6. The van der Waals surface area contributed by atoms with Crippen LogP contribution >= 0.6 is 0 Å². The zero-order valence-corrected chi connectivity index (χ0v) is 13.0. The summed E-state index contributed by atoms with van der Waals surface area (Å²) in [4.78, 5) is 16.2. The molecule has 0 aliphatic carbocycles. The molecule has 1 aromatic heterocycles. The highest BCUT2D eigenvalue weighted by molar-refractivity contribution is 5.91. The van der Waals surface area contributed by atoms with E-state index in [0.717, 1.165) is 5.56 Å². The molecule has 1 N–H and O–H groups in total. The Morgan fingerprint density at radius 3 is 2.27 bits per heavy atom. The van der Waals surface area contributed by atoms with Crippen LogP contribution in [0.2, 0.25) is 0 Å². The fraction of sp³-hybridized carbons (Fsp3) is 0.333. The van der Waals surface area contributed by atoms with Gasteiger partial charge in [-0.1, -0.05) is 0 Å². The number of amides is 1. The third-order valence-electron chi connectivity index (χ3n) is 3.16. The molecule has 1 heterocycles. The SMILES string of the molecule is COc1cc(CC(=O)Nc2nccn2C)cc(OC)c1OC. The van der Waals surface area contributed by atoms with E-state index in [4.69, 9.17) is 14.2 Å². The molecule has 0 fully saturated rings. The van der Waals surface area contributed by atoms with Crippen molar-refractivity contribution in [3.8, 4) is 17.2 Å². The topological polar surface area (TPSA) is 74.6 Å². The predicted octanol–water partition coefficient (Wildman–Crippen LogP) is 1.63. The van der Waals surface area contributed by atoms with Crippen LogP contribution in [0.15, 0.2) is 24.5 Å². The molecule has 0 saturated carbocycles. The number of methoxy groups -OCH3 is 3. The van der Waals surface area contributed by atoms with Crippen molar-refractivity contribution in [2.75, 3.05) is 26.6 Å². The number of hydrogen-bond acceptors (Lipinski definition) is 5. The van der Waals surface area contributed by atoms with E-state index in [1.165, 1.54) is 21.3 Å². The van der Waals surface area contributed by atoms with Crippen molar-refractivity contribution in [1.82, 2.24) is 9.55 Å². The molecular formula is C15H19N3O4. The quantitative estimate of drug-likeness (QED) is 0.878. The minimum absolute atomic E-state index is 0.170. The Labute approximate surface area is 128 Å². The Hall–Kier alpha value is -2.70. The van der Waals surface area contributed by atoms with Gasteiger partial charge in [-0.15, -0.1) is 0 Å². The summed E-state index contributed by atoms with van der Waals surface area (Å²) in [5, 5.41) is 2.74. The Kier molecular flexibility index (Phi) is 4.88. The number of aromatic nitrogens is 2. The summed E-state index contributed by atoms with van der Waals surface area (Å²) in [6.07, 6.45) is 3.55. The molecule has 0 radical (unpaired) electrons. The number of nitrogens with one attached hydrogen (secondary N) is 1. The summed E-state index contributed by atoms with van der Waals surface area (Å²) in [5.41, 5.74) is 0.751. The van der Waals surface area contributed by atoms with E-state index in [1.54, 1.807) is 29.1 Å². The number of carbonyl (C=O) groups is 1. The first kappa shape index (κ1) is 15.7. The lowest BCUT2D eigenvalue weighted by atomic mass is 10.1. The monoisotopic (exact) mass is 305 g/mol. The normalized spacial score (nSPS) is 10.2. The van der Waals surface area contributed by atoms with Crippen LogP contribution in [0.25, 0.3) is 0 Å². The van der Waals surface area contributed by atoms with E-state index >= 15 is 0 Å². The number of anilines is 1. The molecule has 0 bridgehead atoms. The molecular weight excluding hydrogens is 286 g/mol. The smallest absolute Gasteiger partial charge is 0.231 e. The van der Waals surface area contributed by atoms with Crippen LogP contribution in [-0.4, -0.2) is 36.8 Å². The van der Waals surface area contributed by atoms with Crippen LogP contribution in [0.5, 0.6) is 17.2 Å². The van der Waals surface area contributed by atoms with Crippen molar-refractivity contribution in [3.05, 3.63) is 30.1 Å². The number of benzene rings is 1. The van der Waals surface area contributed by atoms with Gasteiger partial charge in [0.1, 0.15) is 0 Å². The molecule has 0 saturated heterocycles. The molecule has 118 valence electrons. The third kappa shape index (κ3) is 3.30. The van der Waals surface area contributed by atoms with E-state index in [0.29, 0.717) is 23.2 Å². The number of imidazole rings is 1. The fourth-order valence-corrected chi connectivity index (χ4v) is 2.08. The van der Waals surface area contributed by atoms with Crippen LogP contribution in [-0.2, 0) is 18.3 Å². The second-order valence-corrected chi connectivity index (χ2v) is 4.62. The lowest BCUT2D eigenvalue weighted by molar-refractivity contribution is -0.115. The number of carbonyl (C=O) groups excluding carboxylic acids is 1. The Morgan fingerprint density at radius 2 is 1.82 bits per heavy atom. The van der Waals surface area contributed by atoms with Gasteiger partial charge in [0.05, 0.1) is 27.8 Å². The molecule has 1 amide bonds. The summed E-state index contributed by atoms with van der Waals surface area (Å²) in [7, 11) is 6.42. The molecule has 0 atom stereocenters. The highest BCUT2D eigenvalue weighted by Crippen LogP contribution is 2.38. The Bertz CT molecular complexity index is 642. The first-order valence-corrected chi connectivity index (χ1v) is 6.65. The second kappa shape index (κ2) is 6.84. The van der Waals surface area contributed by atoms with Gasteiger partial charge in [0.2, 0.25) is 17.6 Å². The number of aryl methyl sites for hydroxylation is 1. The van der Waals surface area contributed by atoms with Crippen LogP contribution in [0.4, 0.5) is 5.95 Å². The van der Waals surface area contributed by atoms with E-state index in [1.807, 2.05) is 7.05 Å². The fourth-order valence-electron chi connectivity index (χ4n) is 2.08. The van der Waals surface area contributed by atoms with Crippen LogP contribution in [0, 0.1) is 0 Å². The van der Waals surface area contributed by atoms with Crippen LogP contribution in [0.3, 0.4) is 0 Å². The van der Waals surface area contributed by atoms with Gasteiger partial charge >= 0.3 is 0 Å². The van der Waals surface area contributed by atoms with Gasteiger partial charge in [-0.05, 0) is 17.7 Å². The molecule has 7 heteroatoms. The lowest BCUT2D eigenvalue weighted by Crippen LogP contribution is -2.17. The van der Waals surface area contributed by atoms with E-state index < -0.39 is 0 Å². The third-order valence-corrected chi connectivity index (χ3v) is 3.16. The van der Waals surface area contributed by atoms with Crippen molar-refractivity contribution >= 4 is 11.9 Å². The van der Waals surface area contributed by atoms with Gasteiger partial charge in [-0.25, -0.2) is 4.98 Å². The second-order valence-electron chi connectivity index (χ2n) is 4.62. The van der Waals surface area contributed by atoms with Gasteiger partial charge in [-0.3, -0.25) is 10.1 Å². The maximum Gasteiger partial charge on any atom is 0.231 e. The summed E-state index contributed by atoms with van der Waals surface area (Å²) in [5.74, 6) is 1.85. The number of nitrogens with zero attached hydrogens (tertiary/aromatic N) is 2. The largest absolute Gasteiger partial charge is 0.493 e. The number of hydrogen-bond donors (Lipinski definition) is 1. The molecule has 2 rings (SSSR count). The predicted molar refractivity (Wildman–Crippen MR) is 81.6 cm³/mol. The first-order valence-electron chi connectivity index (χ1n) is 6.65. The van der Waals surface area contributed by atoms with E-state index in [-0.39, 0.29) is 12.3 Å². The maximum absolute atomic E-state index is 12.1. The van der Waals surface area contributed by atoms with Crippen molar-refractivity contribution < 1.29 is 19.0 Å². The number of ether oxygens (including phenoxy) is 3.